The van der Waals surface area contributed by atoms with Crippen LogP contribution in [-0.2, 0) is 11.2 Å². The van der Waals surface area contributed by atoms with Crippen LogP contribution in [0.5, 0.6) is 5.75 Å². The summed E-state index contributed by atoms with van der Waals surface area (Å²) in [5, 5.41) is 0. The highest BCUT2D eigenvalue weighted by molar-refractivity contribution is 6.19. The number of halogens is 1. The number of carbonyl (C=O) groups is 1. The molecule has 16 heavy (non-hydrogen) atoms. The Labute approximate surface area is 101 Å². The second kappa shape index (κ2) is 6.33. The lowest BCUT2D eigenvalue weighted by Crippen LogP contribution is -2.01. The zero-order valence-corrected chi connectivity index (χ0v) is 10.1. The summed E-state index contributed by atoms with van der Waals surface area (Å²) in [6.45, 7) is 5.75. The Morgan fingerprint density at radius 1 is 1.38 bits per heavy atom. The first kappa shape index (κ1) is 12.8. The van der Waals surface area contributed by atoms with Gasteiger partial charge in [-0.3, -0.25) is 4.79 Å². The van der Waals surface area contributed by atoms with E-state index in [0.29, 0.717) is 18.9 Å². The molecule has 0 aliphatic rings. The summed E-state index contributed by atoms with van der Waals surface area (Å²) in [6.07, 6.45) is 0.467. The maximum atomic E-state index is 10.9. The average Bonchev–Trinajstić information content (AvgIpc) is 2.27. The molecule has 1 aromatic rings. The number of rotatable bonds is 6. The van der Waals surface area contributed by atoms with Crippen LogP contribution in [0.1, 0.15) is 12.5 Å². The molecular weight excluding hydrogens is 224 g/mol. The average molecular weight is 239 g/mol. The standard InChI is InChI=1S/C13H15ClO2/c1-10(8-14)9-16-13-5-3-12(4-6-13)7-11(2)15/h3-6H,1,7-9H2,2H3. The van der Waals surface area contributed by atoms with Gasteiger partial charge in [0, 0.05) is 12.3 Å². The van der Waals surface area contributed by atoms with E-state index in [2.05, 4.69) is 6.58 Å². The number of carbonyl (C=O) groups excluding carboxylic acids is 1. The third-order valence-corrected chi connectivity index (χ3v) is 2.39. The number of hydrogen-bond acceptors (Lipinski definition) is 2. The quantitative estimate of drug-likeness (QED) is 0.563. The summed E-state index contributed by atoms with van der Waals surface area (Å²) in [6, 6.07) is 7.47. The van der Waals surface area contributed by atoms with Gasteiger partial charge >= 0.3 is 0 Å². The second-order valence-corrected chi connectivity index (χ2v) is 3.96. The van der Waals surface area contributed by atoms with Crippen LogP contribution in [0, 0.1) is 0 Å². The molecule has 0 spiro atoms. The largest absolute Gasteiger partial charge is 0.489 e. The van der Waals surface area contributed by atoms with Gasteiger partial charge in [-0.25, -0.2) is 0 Å². The predicted molar refractivity (Wildman–Crippen MR) is 66.2 cm³/mol. The van der Waals surface area contributed by atoms with Gasteiger partial charge in [-0.15, -0.1) is 11.6 Å². The molecule has 0 aromatic heterocycles. The predicted octanol–water partition coefficient (Wildman–Crippen LogP) is 2.99. The van der Waals surface area contributed by atoms with Crippen LogP contribution >= 0.6 is 11.6 Å². The van der Waals surface area contributed by atoms with Gasteiger partial charge in [0.05, 0.1) is 0 Å². The molecule has 3 heteroatoms. The molecule has 0 amide bonds. The van der Waals surface area contributed by atoms with Crippen molar-refractivity contribution in [1.82, 2.24) is 0 Å². The van der Waals surface area contributed by atoms with Gasteiger partial charge in [0.15, 0.2) is 0 Å². The van der Waals surface area contributed by atoms with Crippen molar-refractivity contribution in [2.24, 2.45) is 0 Å². The van der Waals surface area contributed by atoms with Crippen molar-refractivity contribution in [1.29, 1.82) is 0 Å². The van der Waals surface area contributed by atoms with Crippen molar-refractivity contribution in [3.05, 3.63) is 42.0 Å². The molecule has 0 heterocycles. The van der Waals surface area contributed by atoms with Gasteiger partial charge < -0.3 is 4.74 Å². The molecule has 0 saturated carbocycles. The summed E-state index contributed by atoms with van der Waals surface area (Å²) < 4.78 is 5.45. The van der Waals surface area contributed by atoms with Gasteiger partial charge in [-0.1, -0.05) is 18.7 Å². The zero-order valence-electron chi connectivity index (χ0n) is 9.33. The van der Waals surface area contributed by atoms with Gasteiger partial charge in [-0.05, 0) is 30.2 Å². The second-order valence-electron chi connectivity index (χ2n) is 3.70. The van der Waals surface area contributed by atoms with Gasteiger partial charge in [0.25, 0.3) is 0 Å². The maximum Gasteiger partial charge on any atom is 0.134 e. The zero-order chi connectivity index (χ0) is 12.0. The third kappa shape index (κ3) is 4.49. The molecule has 0 saturated heterocycles. The van der Waals surface area contributed by atoms with Crippen LogP contribution in [0.4, 0.5) is 0 Å². The van der Waals surface area contributed by atoms with E-state index in [1.165, 1.54) is 0 Å². The van der Waals surface area contributed by atoms with Crippen molar-refractivity contribution in [3.8, 4) is 5.75 Å². The fourth-order valence-corrected chi connectivity index (χ4v) is 1.29. The Balaban J connectivity index is 2.51. The first-order valence-electron chi connectivity index (χ1n) is 5.05. The summed E-state index contributed by atoms with van der Waals surface area (Å²) in [5.74, 6) is 1.32. The molecule has 0 radical (unpaired) electrons. The topological polar surface area (TPSA) is 26.3 Å². The number of alkyl halides is 1. The minimum atomic E-state index is 0.157. The first-order chi connectivity index (χ1) is 7.61. The van der Waals surface area contributed by atoms with E-state index in [-0.39, 0.29) is 5.78 Å². The fraction of sp³-hybridized carbons (Fsp3) is 0.308. The van der Waals surface area contributed by atoms with Crippen molar-refractivity contribution in [3.63, 3.8) is 0 Å². The lowest BCUT2D eigenvalue weighted by Gasteiger charge is -2.07. The van der Waals surface area contributed by atoms with E-state index in [1.807, 2.05) is 24.3 Å². The Kier molecular flexibility index (Phi) is 5.06. The highest BCUT2D eigenvalue weighted by atomic mass is 35.5. The molecule has 1 aromatic carbocycles. The summed E-state index contributed by atoms with van der Waals surface area (Å²) in [4.78, 5) is 10.9. The summed E-state index contributed by atoms with van der Waals surface area (Å²) >= 11 is 5.58. The lowest BCUT2D eigenvalue weighted by atomic mass is 10.1. The number of Topliss-reactive ketones (excluding diaryl/α,β-unsaturated/α-hetero) is 1. The molecule has 0 bridgehead atoms. The van der Waals surface area contributed by atoms with Gasteiger partial charge in [0.1, 0.15) is 18.1 Å². The van der Waals surface area contributed by atoms with Crippen LogP contribution in [-0.4, -0.2) is 18.3 Å². The maximum absolute atomic E-state index is 10.9. The molecule has 2 nitrogen and oxygen atoms in total. The van der Waals surface area contributed by atoms with Crippen LogP contribution < -0.4 is 4.74 Å². The van der Waals surface area contributed by atoms with E-state index in [0.717, 1.165) is 16.9 Å². The molecule has 0 N–H and O–H groups in total. The number of ether oxygens (including phenoxy) is 1. The third-order valence-electron chi connectivity index (χ3n) is 2.01. The summed E-state index contributed by atoms with van der Waals surface area (Å²) in [7, 11) is 0. The Morgan fingerprint density at radius 2 is 2.00 bits per heavy atom. The van der Waals surface area contributed by atoms with Crippen LogP contribution in [0.25, 0.3) is 0 Å². The molecular formula is C13H15ClO2. The highest BCUT2D eigenvalue weighted by Crippen LogP contribution is 2.13. The fourth-order valence-electron chi connectivity index (χ4n) is 1.21. The Hall–Kier alpha value is -1.28. The van der Waals surface area contributed by atoms with E-state index < -0.39 is 0 Å². The number of hydrogen-bond donors (Lipinski definition) is 0. The Morgan fingerprint density at radius 3 is 2.50 bits per heavy atom. The number of benzene rings is 1. The van der Waals surface area contributed by atoms with E-state index in [4.69, 9.17) is 16.3 Å². The van der Waals surface area contributed by atoms with Crippen molar-refractivity contribution < 1.29 is 9.53 Å². The van der Waals surface area contributed by atoms with E-state index in [9.17, 15) is 4.79 Å². The van der Waals surface area contributed by atoms with Crippen LogP contribution in [0.2, 0.25) is 0 Å². The first-order valence-corrected chi connectivity index (χ1v) is 5.59. The van der Waals surface area contributed by atoms with Crippen molar-refractivity contribution >= 4 is 17.4 Å². The minimum absolute atomic E-state index is 0.157. The smallest absolute Gasteiger partial charge is 0.134 e. The molecule has 1 rings (SSSR count). The van der Waals surface area contributed by atoms with E-state index >= 15 is 0 Å². The molecule has 86 valence electrons. The van der Waals surface area contributed by atoms with Crippen LogP contribution in [0.3, 0.4) is 0 Å². The lowest BCUT2D eigenvalue weighted by molar-refractivity contribution is -0.116. The summed E-state index contributed by atoms with van der Waals surface area (Å²) in [5.41, 5.74) is 1.84. The molecule has 0 aliphatic heterocycles. The van der Waals surface area contributed by atoms with Gasteiger partial charge in [-0.2, -0.15) is 0 Å². The molecule has 0 atom stereocenters. The van der Waals surface area contributed by atoms with Crippen molar-refractivity contribution in [2.45, 2.75) is 13.3 Å². The molecule has 0 unspecified atom stereocenters. The minimum Gasteiger partial charge on any atom is -0.489 e. The monoisotopic (exact) mass is 238 g/mol. The number of ketones is 1. The van der Waals surface area contributed by atoms with Crippen LogP contribution in [0.15, 0.2) is 36.4 Å². The van der Waals surface area contributed by atoms with Crippen molar-refractivity contribution in [2.75, 3.05) is 12.5 Å². The Bertz CT molecular complexity index is 368. The molecule has 0 fully saturated rings. The normalized spacial score (nSPS) is 9.88. The SMILES string of the molecule is C=C(CCl)COc1ccc(CC(C)=O)cc1. The molecule has 0 aliphatic carbocycles. The van der Waals surface area contributed by atoms with E-state index in [1.54, 1.807) is 6.92 Å². The van der Waals surface area contributed by atoms with Gasteiger partial charge in [0.2, 0.25) is 0 Å². The highest BCUT2D eigenvalue weighted by Gasteiger charge is 1.99.